The average Bonchev–Trinajstić information content (AvgIpc) is 3.47. The Morgan fingerprint density at radius 1 is 1.23 bits per heavy atom. The molecule has 4 rings (SSSR count). The van der Waals surface area contributed by atoms with Gasteiger partial charge in [-0.3, -0.25) is 9.78 Å². The molecule has 4 heterocycles. The summed E-state index contributed by atoms with van der Waals surface area (Å²) in [5, 5.41) is 0. The first-order valence-electron chi connectivity index (χ1n) is 10.4. The van der Waals surface area contributed by atoms with Crippen molar-refractivity contribution in [1.82, 2.24) is 19.9 Å². The summed E-state index contributed by atoms with van der Waals surface area (Å²) >= 11 is 0. The molecule has 0 saturated carbocycles. The van der Waals surface area contributed by atoms with Crippen LogP contribution in [0.2, 0.25) is 0 Å². The lowest BCUT2D eigenvalue weighted by Gasteiger charge is -2.28. The van der Waals surface area contributed by atoms with Gasteiger partial charge in [-0.2, -0.15) is 13.2 Å². The minimum absolute atomic E-state index is 0.0549. The highest BCUT2D eigenvalue weighted by Gasteiger charge is 2.35. The highest BCUT2D eigenvalue weighted by atomic mass is 19.4. The van der Waals surface area contributed by atoms with Gasteiger partial charge in [-0.15, -0.1) is 0 Å². The second-order valence-electron chi connectivity index (χ2n) is 7.78. The van der Waals surface area contributed by atoms with E-state index in [9.17, 15) is 18.0 Å². The Balaban J connectivity index is 1.70. The van der Waals surface area contributed by atoms with Gasteiger partial charge in [-0.1, -0.05) is 0 Å². The van der Waals surface area contributed by atoms with Crippen molar-refractivity contribution < 1.29 is 22.7 Å². The quantitative estimate of drug-likeness (QED) is 0.694. The second-order valence-corrected chi connectivity index (χ2v) is 7.78. The van der Waals surface area contributed by atoms with E-state index in [4.69, 9.17) is 4.74 Å². The maximum Gasteiger partial charge on any atom is 0.433 e. The van der Waals surface area contributed by atoms with Crippen molar-refractivity contribution in [2.45, 2.75) is 38.0 Å². The van der Waals surface area contributed by atoms with Crippen molar-refractivity contribution in [2.75, 3.05) is 37.7 Å². The van der Waals surface area contributed by atoms with Crippen LogP contribution in [0.25, 0.3) is 11.4 Å². The van der Waals surface area contributed by atoms with E-state index >= 15 is 0 Å². The molecular formula is C21H24F3N5O2. The number of likely N-dealkylation sites (tertiary alicyclic amines) is 1. The molecule has 2 aliphatic rings. The van der Waals surface area contributed by atoms with Crippen molar-refractivity contribution in [1.29, 1.82) is 0 Å². The lowest BCUT2D eigenvalue weighted by Crippen LogP contribution is -2.42. The monoisotopic (exact) mass is 435 g/mol. The third kappa shape index (κ3) is 5.30. The van der Waals surface area contributed by atoms with Crippen molar-refractivity contribution in [3.63, 3.8) is 0 Å². The van der Waals surface area contributed by atoms with Crippen LogP contribution in [-0.4, -0.2) is 64.6 Å². The molecule has 10 heteroatoms. The number of pyridine rings is 1. The Morgan fingerprint density at radius 2 is 2.03 bits per heavy atom. The lowest BCUT2D eigenvalue weighted by molar-refractivity contribution is -0.141. The van der Waals surface area contributed by atoms with E-state index in [2.05, 4.69) is 15.0 Å². The molecule has 0 aliphatic carbocycles. The van der Waals surface area contributed by atoms with Crippen LogP contribution in [0.4, 0.5) is 19.0 Å². The molecule has 0 bridgehead atoms. The van der Waals surface area contributed by atoms with Crippen LogP contribution in [0.5, 0.6) is 0 Å². The summed E-state index contributed by atoms with van der Waals surface area (Å²) in [5.41, 5.74) is -0.680. The van der Waals surface area contributed by atoms with Crippen LogP contribution in [0.1, 0.15) is 31.4 Å². The number of alkyl halides is 3. The first-order chi connectivity index (χ1) is 14.9. The minimum atomic E-state index is -4.65. The fourth-order valence-electron chi connectivity index (χ4n) is 3.87. The molecule has 0 spiro atoms. The van der Waals surface area contributed by atoms with Gasteiger partial charge < -0.3 is 14.5 Å². The molecular weight excluding hydrogens is 411 g/mol. The van der Waals surface area contributed by atoms with Crippen molar-refractivity contribution >= 4 is 11.7 Å². The number of aromatic nitrogens is 3. The van der Waals surface area contributed by atoms with Crippen molar-refractivity contribution in [3.05, 3.63) is 36.3 Å². The fourth-order valence-corrected chi connectivity index (χ4v) is 3.87. The summed E-state index contributed by atoms with van der Waals surface area (Å²) < 4.78 is 46.5. The lowest BCUT2D eigenvalue weighted by atomic mass is 10.2. The van der Waals surface area contributed by atoms with Gasteiger partial charge in [-0.05, 0) is 37.8 Å². The number of hydrogen-bond donors (Lipinski definition) is 0. The highest BCUT2D eigenvalue weighted by Crippen LogP contribution is 2.32. The molecule has 2 aliphatic heterocycles. The van der Waals surface area contributed by atoms with Crippen LogP contribution in [0, 0.1) is 0 Å². The molecule has 2 saturated heterocycles. The molecule has 0 radical (unpaired) electrons. The SMILES string of the molecule is O=C(CN(CC1CCCO1)c1cc(C(F)(F)F)nc(-c2cccnc2)n1)N1CCCC1. The second kappa shape index (κ2) is 9.17. The van der Waals surface area contributed by atoms with Gasteiger partial charge in [0, 0.05) is 50.3 Å². The molecule has 1 unspecified atom stereocenters. The molecule has 31 heavy (non-hydrogen) atoms. The number of hydrogen-bond acceptors (Lipinski definition) is 6. The third-order valence-electron chi connectivity index (χ3n) is 5.48. The van der Waals surface area contributed by atoms with E-state index in [0.29, 0.717) is 31.8 Å². The van der Waals surface area contributed by atoms with Gasteiger partial charge >= 0.3 is 6.18 Å². The van der Waals surface area contributed by atoms with E-state index in [1.807, 2.05) is 0 Å². The summed E-state index contributed by atoms with van der Waals surface area (Å²) in [5.74, 6) is -0.140. The van der Waals surface area contributed by atoms with E-state index < -0.39 is 11.9 Å². The van der Waals surface area contributed by atoms with E-state index in [1.165, 1.54) is 12.4 Å². The normalized spacial score (nSPS) is 19.1. The standard InChI is InChI=1S/C21H24F3N5O2/c22-21(23,24)17-11-18(27-20(26-17)15-5-3-7-25-12-15)29(13-16-6-4-10-31-16)14-19(30)28-8-1-2-9-28/h3,5,7,11-12,16H,1-2,4,6,8-10,13-14H2. The van der Waals surface area contributed by atoms with Crippen molar-refractivity contribution in [2.24, 2.45) is 0 Å². The molecule has 0 N–H and O–H groups in total. The Morgan fingerprint density at radius 3 is 2.68 bits per heavy atom. The summed E-state index contributed by atoms with van der Waals surface area (Å²) in [4.78, 5) is 28.2. The zero-order chi connectivity index (χ0) is 21.8. The number of nitrogens with zero attached hydrogens (tertiary/aromatic N) is 5. The zero-order valence-electron chi connectivity index (χ0n) is 17.0. The Labute approximate surface area is 178 Å². The topological polar surface area (TPSA) is 71.5 Å². The van der Waals surface area contributed by atoms with Gasteiger partial charge in [0.2, 0.25) is 5.91 Å². The Bertz CT molecular complexity index is 898. The first-order valence-corrected chi connectivity index (χ1v) is 10.4. The number of ether oxygens (including phenoxy) is 1. The molecule has 7 nitrogen and oxygen atoms in total. The number of carbonyl (C=O) groups excluding carboxylic acids is 1. The number of amides is 1. The molecule has 1 atom stereocenters. The molecule has 2 aromatic heterocycles. The van der Waals surface area contributed by atoms with E-state index in [-0.39, 0.29) is 30.2 Å². The Kier molecular flexibility index (Phi) is 6.35. The number of rotatable bonds is 6. The average molecular weight is 435 g/mol. The van der Waals surface area contributed by atoms with Crippen LogP contribution in [0.15, 0.2) is 30.6 Å². The predicted octanol–water partition coefficient (Wildman–Crippen LogP) is 3.17. The van der Waals surface area contributed by atoms with Crippen LogP contribution >= 0.6 is 0 Å². The summed E-state index contributed by atoms with van der Waals surface area (Å²) in [7, 11) is 0. The minimum Gasteiger partial charge on any atom is -0.376 e. The maximum absolute atomic E-state index is 13.6. The summed E-state index contributed by atoms with van der Waals surface area (Å²) in [6.45, 7) is 2.19. The number of carbonyl (C=O) groups is 1. The maximum atomic E-state index is 13.6. The van der Waals surface area contributed by atoms with Crippen LogP contribution in [0.3, 0.4) is 0 Å². The smallest absolute Gasteiger partial charge is 0.376 e. The predicted molar refractivity (Wildman–Crippen MR) is 107 cm³/mol. The molecule has 2 fully saturated rings. The molecule has 166 valence electrons. The number of anilines is 1. The van der Waals surface area contributed by atoms with Crippen LogP contribution in [-0.2, 0) is 15.7 Å². The van der Waals surface area contributed by atoms with E-state index in [1.54, 1.807) is 21.9 Å². The summed E-state index contributed by atoms with van der Waals surface area (Å²) in [6, 6.07) is 4.12. The third-order valence-corrected chi connectivity index (χ3v) is 5.48. The van der Waals surface area contributed by atoms with Crippen LogP contribution < -0.4 is 4.90 Å². The van der Waals surface area contributed by atoms with Gasteiger partial charge in [0.05, 0.1) is 12.6 Å². The fraction of sp³-hybridized carbons (Fsp3) is 0.524. The highest BCUT2D eigenvalue weighted by molar-refractivity contribution is 5.81. The number of halogens is 3. The first kappa shape index (κ1) is 21.5. The zero-order valence-corrected chi connectivity index (χ0v) is 17.0. The van der Waals surface area contributed by atoms with Gasteiger partial charge in [0.1, 0.15) is 5.82 Å². The van der Waals surface area contributed by atoms with Crippen molar-refractivity contribution in [3.8, 4) is 11.4 Å². The molecule has 2 aromatic rings. The summed E-state index contributed by atoms with van der Waals surface area (Å²) in [6.07, 6.45) is 1.69. The molecule has 0 aromatic carbocycles. The van der Waals surface area contributed by atoms with Gasteiger partial charge in [-0.25, -0.2) is 9.97 Å². The Hall–Kier alpha value is -2.75. The van der Waals surface area contributed by atoms with Gasteiger partial charge in [0.25, 0.3) is 0 Å². The molecule has 1 amide bonds. The largest absolute Gasteiger partial charge is 0.433 e. The van der Waals surface area contributed by atoms with Gasteiger partial charge in [0.15, 0.2) is 11.5 Å². The van der Waals surface area contributed by atoms with E-state index in [0.717, 1.165) is 31.7 Å².